The first-order chi connectivity index (χ1) is 8.50. The summed E-state index contributed by atoms with van der Waals surface area (Å²) in [5.41, 5.74) is 0.0176. The van der Waals surface area contributed by atoms with Crippen molar-refractivity contribution in [3.8, 4) is 0 Å². The molecular weight excluding hydrogens is 242 g/mol. The number of hydrogen-bond acceptors (Lipinski definition) is 3. The summed E-state index contributed by atoms with van der Waals surface area (Å²) in [5.74, 6) is -4.84. The number of carbonyl (C=O) groups is 1. The van der Waals surface area contributed by atoms with Crippen LogP contribution < -0.4 is 0 Å². The minimum absolute atomic E-state index is 0.0556. The Hall–Kier alpha value is -2.37. The first-order valence-corrected chi connectivity index (χ1v) is 5.01. The molecule has 0 fully saturated rings. The molecule has 1 aromatic carbocycles. The van der Waals surface area contributed by atoms with Gasteiger partial charge in [-0.3, -0.25) is 9.97 Å². The molecule has 0 aliphatic heterocycles. The third-order valence-electron chi connectivity index (χ3n) is 2.29. The Morgan fingerprint density at radius 3 is 2.72 bits per heavy atom. The van der Waals surface area contributed by atoms with Crippen LogP contribution in [0.4, 0.5) is 8.78 Å². The molecule has 6 heteroatoms. The lowest BCUT2D eigenvalue weighted by Gasteiger charge is -2.13. The molecule has 0 bridgehead atoms. The average molecular weight is 250 g/mol. The Morgan fingerprint density at radius 2 is 2.00 bits per heavy atom. The van der Waals surface area contributed by atoms with E-state index >= 15 is 0 Å². The highest BCUT2D eigenvalue weighted by Gasteiger charge is 2.31. The van der Waals surface area contributed by atoms with Crippen LogP contribution in [0.1, 0.15) is 5.56 Å². The van der Waals surface area contributed by atoms with Gasteiger partial charge in [0.05, 0.1) is 16.6 Å². The maximum Gasteiger partial charge on any atom is 0.328 e. The van der Waals surface area contributed by atoms with Crippen molar-refractivity contribution in [3.63, 3.8) is 0 Å². The van der Waals surface area contributed by atoms with Crippen LogP contribution in [0.15, 0.2) is 42.7 Å². The SMILES string of the molecule is O=C(O)/C=C/C(F)(F)c1cccc2nccnc12. The number of allylic oxidation sites excluding steroid dienone is 1. The molecular formula is C12H8F2N2O2. The van der Waals surface area contributed by atoms with E-state index in [-0.39, 0.29) is 11.1 Å². The maximum atomic E-state index is 13.8. The highest BCUT2D eigenvalue weighted by atomic mass is 19.3. The van der Waals surface area contributed by atoms with Gasteiger partial charge in [0.1, 0.15) is 0 Å². The number of nitrogens with zero attached hydrogens (tertiary/aromatic N) is 2. The van der Waals surface area contributed by atoms with Crippen LogP contribution in [0.2, 0.25) is 0 Å². The zero-order valence-corrected chi connectivity index (χ0v) is 9.05. The quantitative estimate of drug-likeness (QED) is 0.849. The van der Waals surface area contributed by atoms with Crippen LogP contribution >= 0.6 is 0 Å². The number of fused-ring (bicyclic) bond motifs is 1. The summed E-state index contributed by atoms with van der Waals surface area (Å²) in [6, 6.07) is 4.18. The molecule has 18 heavy (non-hydrogen) atoms. The van der Waals surface area contributed by atoms with Crippen molar-refractivity contribution in [2.45, 2.75) is 5.92 Å². The summed E-state index contributed by atoms with van der Waals surface area (Å²) in [4.78, 5) is 18.1. The van der Waals surface area contributed by atoms with E-state index in [0.29, 0.717) is 17.7 Å². The molecule has 1 aromatic heterocycles. The number of halogens is 2. The van der Waals surface area contributed by atoms with E-state index in [1.165, 1.54) is 24.5 Å². The molecule has 4 nitrogen and oxygen atoms in total. The molecule has 0 aliphatic rings. The smallest absolute Gasteiger partial charge is 0.328 e. The predicted molar refractivity (Wildman–Crippen MR) is 60.2 cm³/mol. The lowest BCUT2D eigenvalue weighted by atomic mass is 10.1. The van der Waals surface area contributed by atoms with Crippen molar-refractivity contribution in [1.82, 2.24) is 9.97 Å². The van der Waals surface area contributed by atoms with Gasteiger partial charge in [0, 0.05) is 18.5 Å². The fourth-order valence-electron chi connectivity index (χ4n) is 1.53. The monoisotopic (exact) mass is 250 g/mol. The molecule has 92 valence electrons. The van der Waals surface area contributed by atoms with Crippen molar-refractivity contribution in [3.05, 3.63) is 48.3 Å². The van der Waals surface area contributed by atoms with E-state index in [1.807, 2.05) is 0 Å². The number of para-hydroxylation sites is 1. The number of rotatable bonds is 3. The normalized spacial score (nSPS) is 12.1. The summed E-state index contributed by atoms with van der Waals surface area (Å²) in [6.45, 7) is 0. The van der Waals surface area contributed by atoms with Gasteiger partial charge in [0.25, 0.3) is 5.92 Å². The highest BCUT2D eigenvalue weighted by Crippen LogP contribution is 2.33. The molecule has 0 radical (unpaired) electrons. The summed E-state index contributed by atoms with van der Waals surface area (Å²) in [7, 11) is 0. The Bertz CT molecular complexity index is 621. The van der Waals surface area contributed by atoms with Gasteiger partial charge in [0.15, 0.2) is 0 Å². The lowest BCUT2D eigenvalue weighted by Crippen LogP contribution is -2.11. The van der Waals surface area contributed by atoms with E-state index in [4.69, 9.17) is 5.11 Å². The molecule has 0 amide bonds. The third-order valence-corrected chi connectivity index (χ3v) is 2.29. The Kier molecular flexibility index (Phi) is 3.01. The molecule has 2 aromatic rings. The standard InChI is InChI=1S/C12H8F2N2O2/c13-12(14,5-4-10(17)18)8-2-1-3-9-11(8)16-7-6-15-9/h1-7H,(H,17,18)/b5-4+. The van der Waals surface area contributed by atoms with Crippen molar-refractivity contribution in [1.29, 1.82) is 0 Å². The Balaban J connectivity index is 2.56. The predicted octanol–water partition coefficient (Wildman–Crippen LogP) is 2.36. The molecule has 0 spiro atoms. The summed E-state index contributed by atoms with van der Waals surface area (Å²) >= 11 is 0. The fraction of sp³-hybridized carbons (Fsp3) is 0.0833. The van der Waals surface area contributed by atoms with Gasteiger partial charge in [-0.15, -0.1) is 0 Å². The lowest BCUT2D eigenvalue weighted by molar-refractivity contribution is -0.131. The molecule has 0 saturated heterocycles. The molecule has 1 N–H and O–H groups in total. The van der Waals surface area contributed by atoms with Crippen molar-refractivity contribution < 1.29 is 18.7 Å². The highest BCUT2D eigenvalue weighted by molar-refractivity contribution is 5.81. The van der Waals surface area contributed by atoms with Crippen LogP contribution in [0.25, 0.3) is 11.0 Å². The van der Waals surface area contributed by atoms with Gasteiger partial charge in [0.2, 0.25) is 0 Å². The zero-order valence-electron chi connectivity index (χ0n) is 9.05. The average Bonchev–Trinajstić information content (AvgIpc) is 2.36. The fourth-order valence-corrected chi connectivity index (χ4v) is 1.53. The van der Waals surface area contributed by atoms with Crippen molar-refractivity contribution in [2.75, 3.05) is 0 Å². The van der Waals surface area contributed by atoms with Gasteiger partial charge in [-0.1, -0.05) is 12.1 Å². The second-order valence-electron chi connectivity index (χ2n) is 3.52. The van der Waals surface area contributed by atoms with Crippen LogP contribution in [0, 0.1) is 0 Å². The zero-order chi connectivity index (χ0) is 13.2. The second kappa shape index (κ2) is 4.48. The summed E-state index contributed by atoms with van der Waals surface area (Å²) in [5, 5.41) is 8.39. The van der Waals surface area contributed by atoms with Gasteiger partial charge in [-0.05, 0) is 12.1 Å². The van der Waals surface area contributed by atoms with E-state index in [2.05, 4.69) is 9.97 Å². The van der Waals surface area contributed by atoms with Gasteiger partial charge in [-0.25, -0.2) is 4.79 Å². The molecule has 0 aliphatic carbocycles. The topological polar surface area (TPSA) is 63.1 Å². The number of aliphatic carboxylic acids is 1. The van der Waals surface area contributed by atoms with E-state index in [1.54, 1.807) is 6.07 Å². The second-order valence-corrected chi connectivity index (χ2v) is 3.52. The van der Waals surface area contributed by atoms with Gasteiger partial charge >= 0.3 is 5.97 Å². The Morgan fingerprint density at radius 1 is 1.28 bits per heavy atom. The van der Waals surface area contributed by atoms with Crippen molar-refractivity contribution >= 4 is 17.0 Å². The van der Waals surface area contributed by atoms with Gasteiger partial charge in [-0.2, -0.15) is 8.78 Å². The number of carboxylic acids is 1. The van der Waals surface area contributed by atoms with E-state index in [0.717, 1.165) is 0 Å². The van der Waals surface area contributed by atoms with E-state index < -0.39 is 11.9 Å². The minimum Gasteiger partial charge on any atom is -0.478 e. The number of benzene rings is 1. The maximum absolute atomic E-state index is 13.8. The Labute approximate surface area is 101 Å². The van der Waals surface area contributed by atoms with Crippen LogP contribution in [0.3, 0.4) is 0 Å². The molecule has 0 unspecified atom stereocenters. The largest absolute Gasteiger partial charge is 0.478 e. The van der Waals surface area contributed by atoms with Crippen molar-refractivity contribution in [2.24, 2.45) is 0 Å². The number of aromatic nitrogens is 2. The first kappa shape index (κ1) is 12.1. The summed E-state index contributed by atoms with van der Waals surface area (Å²) in [6.07, 6.45) is 3.45. The number of hydrogen-bond donors (Lipinski definition) is 1. The van der Waals surface area contributed by atoms with E-state index in [9.17, 15) is 13.6 Å². The van der Waals surface area contributed by atoms with Crippen LogP contribution in [-0.2, 0) is 10.7 Å². The number of carboxylic acid groups (broad SMARTS) is 1. The van der Waals surface area contributed by atoms with Gasteiger partial charge < -0.3 is 5.11 Å². The first-order valence-electron chi connectivity index (χ1n) is 5.01. The minimum atomic E-state index is -3.41. The molecule has 0 saturated carbocycles. The molecule has 1 heterocycles. The third kappa shape index (κ3) is 2.32. The molecule has 0 atom stereocenters. The molecule has 2 rings (SSSR count). The summed E-state index contributed by atoms with van der Waals surface area (Å²) < 4.78 is 27.7. The van der Waals surface area contributed by atoms with Crippen LogP contribution in [0.5, 0.6) is 0 Å². The van der Waals surface area contributed by atoms with Crippen LogP contribution in [-0.4, -0.2) is 21.0 Å². The number of alkyl halides is 2.